The average molecular weight is 487 g/mol. The zero-order valence-electron chi connectivity index (χ0n) is 17.2. The second kappa shape index (κ2) is 7.24. The van der Waals surface area contributed by atoms with E-state index in [1.807, 2.05) is 43.3 Å². The van der Waals surface area contributed by atoms with E-state index in [9.17, 15) is 9.59 Å². The normalized spacial score (nSPS) is 26.3. The zero-order chi connectivity index (χ0) is 22.8. The van der Waals surface area contributed by atoms with Crippen LogP contribution >= 0.6 is 34.8 Å². The maximum absolute atomic E-state index is 13.8. The number of rotatable bonds is 4. The summed E-state index contributed by atoms with van der Waals surface area (Å²) in [5.74, 6) is -0.433. The Kier molecular flexibility index (Phi) is 4.82. The Morgan fingerprint density at radius 1 is 0.812 bits per heavy atom. The number of piperidine rings is 1. The molecule has 1 heterocycles. The van der Waals surface area contributed by atoms with Crippen molar-refractivity contribution in [2.75, 3.05) is 12.0 Å². The van der Waals surface area contributed by atoms with E-state index in [0.717, 1.165) is 11.1 Å². The number of halogens is 3. The lowest BCUT2D eigenvalue weighted by Gasteiger charge is -2.29. The first kappa shape index (κ1) is 21.3. The Morgan fingerprint density at radius 2 is 1.34 bits per heavy atom. The first-order valence-electron chi connectivity index (χ1n) is 10.00. The molecule has 3 aromatic rings. The second-order valence-corrected chi connectivity index (χ2v) is 9.59. The summed E-state index contributed by atoms with van der Waals surface area (Å²) in [5, 5.41) is 1.30. The number of amides is 2. The van der Waals surface area contributed by atoms with E-state index in [4.69, 9.17) is 39.5 Å². The van der Waals surface area contributed by atoms with Crippen LogP contribution < -0.4 is 9.64 Å². The number of carbonyl (C=O) groups is 2. The Morgan fingerprint density at radius 3 is 1.81 bits per heavy atom. The van der Waals surface area contributed by atoms with Gasteiger partial charge in [0.25, 0.3) is 0 Å². The molecule has 0 bridgehead atoms. The van der Waals surface area contributed by atoms with Crippen LogP contribution in [0.15, 0.2) is 66.7 Å². The minimum absolute atomic E-state index is 0.276. The SMILES string of the molecule is COc1ccc([C@@]2(c3ccc(Cl)cc3)C3C(=O)N(c4cc(Cl)cc(Cl)c4)C(=O)[C@@]32C)cc1. The Bertz CT molecular complexity index is 1240. The predicted octanol–water partition coefficient (Wildman–Crippen LogP) is 6.15. The molecule has 0 aromatic heterocycles. The van der Waals surface area contributed by atoms with Crippen LogP contribution in [-0.4, -0.2) is 18.9 Å². The molecular weight excluding hydrogens is 469 g/mol. The van der Waals surface area contributed by atoms with Crippen LogP contribution in [0.1, 0.15) is 18.1 Å². The lowest BCUT2D eigenvalue weighted by Crippen LogP contribution is -2.42. The third-order valence-electron chi connectivity index (χ3n) is 6.81. The molecule has 5 rings (SSSR count). The first-order valence-corrected chi connectivity index (χ1v) is 11.1. The second-order valence-electron chi connectivity index (χ2n) is 8.29. The molecular formula is C25H18Cl3NO3. The number of ether oxygens (including phenoxy) is 1. The lowest BCUT2D eigenvalue weighted by molar-refractivity contribution is -0.125. The van der Waals surface area contributed by atoms with Gasteiger partial charge in [-0.15, -0.1) is 0 Å². The summed E-state index contributed by atoms with van der Waals surface area (Å²) in [6.07, 6.45) is 0. The van der Waals surface area contributed by atoms with Crippen molar-refractivity contribution in [3.05, 3.63) is 92.9 Å². The molecule has 1 saturated carbocycles. The van der Waals surface area contributed by atoms with E-state index < -0.39 is 16.7 Å². The summed E-state index contributed by atoms with van der Waals surface area (Å²) in [6.45, 7) is 1.85. The summed E-state index contributed by atoms with van der Waals surface area (Å²) in [5.41, 5.74) is 0.340. The van der Waals surface area contributed by atoms with Crippen LogP contribution in [0.4, 0.5) is 5.69 Å². The average Bonchev–Trinajstić information content (AvgIpc) is 3.28. The van der Waals surface area contributed by atoms with Gasteiger partial charge in [-0.2, -0.15) is 0 Å². The van der Waals surface area contributed by atoms with E-state index >= 15 is 0 Å². The molecule has 3 aromatic carbocycles. The quantitative estimate of drug-likeness (QED) is 0.415. The van der Waals surface area contributed by atoms with Crippen molar-refractivity contribution >= 4 is 52.3 Å². The highest BCUT2D eigenvalue weighted by Crippen LogP contribution is 2.76. The molecule has 2 aliphatic rings. The molecule has 1 aliphatic carbocycles. The number of anilines is 1. The molecule has 0 N–H and O–H groups in total. The minimum atomic E-state index is -0.971. The molecule has 1 saturated heterocycles. The fourth-order valence-electron chi connectivity index (χ4n) is 5.38. The van der Waals surface area contributed by atoms with Crippen molar-refractivity contribution in [3.63, 3.8) is 0 Å². The summed E-state index contributed by atoms with van der Waals surface area (Å²) in [6, 6.07) is 19.6. The Labute approximate surface area is 200 Å². The van der Waals surface area contributed by atoms with Gasteiger partial charge in [0.1, 0.15) is 5.75 Å². The molecule has 0 spiro atoms. The van der Waals surface area contributed by atoms with Gasteiger partial charge < -0.3 is 4.74 Å². The number of hydrogen-bond acceptors (Lipinski definition) is 3. The molecule has 32 heavy (non-hydrogen) atoms. The van der Waals surface area contributed by atoms with Gasteiger partial charge in [-0.3, -0.25) is 9.59 Å². The van der Waals surface area contributed by atoms with Gasteiger partial charge in [0, 0.05) is 20.5 Å². The Hall–Kier alpha value is -2.53. The number of imide groups is 1. The van der Waals surface area contributed by atoms with Gasteiger partial charge in [0.2, 0.25) is 11.8 Å². The third kappa shape index (κ3) is 2.70. The lowest BCUT2D eigenvalue weighted by atomic mass is 9.79. The van der Waals surface area contributed by atoms with Crippen LogP contribution in [0.25, 0.3) is 0 Å². The summed E-state index contributed by atoms with van der Waals surface area (Å²) in [4.78, 5) is 28.7. The molecule has 3 atom stereocenters. The van der Waals surface area contributed by atoms with Crippen LogP contribution in [0.2, 0.25) is 15.1 Å². The van der Waals surface area contributed by atoms with E-state index in [2.05, 4.69) is 0 Å². The fraction of sp³-hybridized carbons (Fsp3) is 0.200. The monoisotopic (exact) mass is 485 g/mol. The van der Waals surface area contributed by atoms with Crippen molar-refractivity contribution in [1.82, 2.24) is 0 Å². The topological polar surface area (TPSA) is 46.6 Å². The molecule has 162 valence electrons. The van der Waals surface area contributed by atoms with Gasteiger partial charge in [-0.25, -0.2) is 4.90 Å². The zero-order valence-corrected chi connectivity index (χ0v) is 19.5. The molecule has 7 heteroatoms. The van der Waals surface area contributed by atoms with Gasteiger partial charge in [0.05, 0.1) is 24.1 Å². The fourth-order valence-corrected chi connectivity index (χ4v) is 6.02. The number of carbonyl (C=O) groups excluding carboxylic acids is 2. The third-order valence-corrected chi connectivity index (χ3v) is 7.50. The van der Waals surface area contributed by atoms with Gasteiger partial charge in [-0.05, 0) is 60.5 Å². The maximum Gasteiger partial charge on any atom is 0.241 e. The highest BCUT2D eigenvalue weighted by Gasteiger charge is 2.86. The van der Waals surface area contributed by atoms with E-state index in [0.29, 0.717) is 26.5 Å². The van der Waals surface area contributed by atoms with Crippen molar-refractivity contribution < 1.29 is 14.3 Å². The highest BCUT2D eigenvalue weighted by atomic mass is 35.5. The van der Waals surface area contributed by atoms with Crippen molar-refractivity contribution in [1.29, 1.82) is 0 Å². The van der Waals surface area contributed by atoms with Crippen LogP contribution in [0.3, 0.4) is 0 Å². The van der Waals surface area contributed by atoms with E-state index in [1.54, 1.807) is 37.4 Å². The van der Waals surface area contributed by atoms with E-state index in [1.165, 1.54) is 4.90 Å². The van der Waals surface area contributed by atoms with Crippen LogP contribution in [0, 0.1) is 11.3 Å². The summed E-state index contributed by atoms with van der Waals surface area (Å²) >= 11 is 18.4. The van der Waals surface area contributed by atoms with Crippen molar-refractivity contribution in [2.24, 2.45) is 11.3 Å². The number of hydrogen-bond donors (Lipinski definition) is 0. The first-order chi connectivity index (χ1) is 15.2. The maximum atomic E-state index is 13.8. The van der Waals surface area contributed by atoms with Gasteiger partial charge >= 0.3 is 0 Å². The molecule has 1 unspecified atom stereocenters. The Balaban J connectivity index is 1.67. The number of fused-ring (bicyclic) bond motifs is 1. The molecule has 1 aliphatic heterocycles. The smallest absolute Gasteiger partial charge is 0.241 e. The molecule has 2 fully saturated rings. The molecule has 4 nitrogen and oxygen atoms in total. The summed E-state index contributed by atoms with van der Waals surface area (Å²) < 4.78 is 5.30. The molecule has 2 amide bonds. The van der Waals surface area contributed by atoms with Crippen LogP contribution in [-0.2, 0) is 15.0 Å². The van der Waals surface area contributed by atoms with Crippen LogP contribution in [0.5, 0.6) is 5.75 Å². The number of nitrogens with zero attached hydrogens (tertiary/aromatic N) is 1. The van der Waals surface area contributed by atoms with Gasteiger partial charge in [-0.1, -0.05) is 59.1 Å². The molecule has 0 radical (unpaired) electrons. The highest BCUT2D eigenvalue weighted by molar-refractivity contribution is 6.36. The standard InChI is InChI=1S/C25H18Cl3NO3/c1-24-21(22(30)29(23(24)31)19-12-17(27)11-18(28)13-19)25(24,14-3-7-16(26)8-4-14)15-5-9-20(32-2)10-6-15/h3-13,21H,1-2H3/t21?,24-,25+/m1/s1. The largest absolute Gasteiger partial charge is 0.497 e. The summed E-state index contributed by atoms with van der Waals surface area (Å²) in [7, 11) is 1.60. The number of methoxy groups -OCH3 is 1. The van der Waals surface area contributed by atoms with E-state index in [-0.39, 0.29) is 11.8 Å². The van der Waals surface area contributed by atoms with Crippen molar-refractivity contribution in [2.45, 2.75) is 12.3 Å². The number of benzene rings is 3. The predicted molar refractivity (Wildman–Crippen MR) is 126 cm³/mol. The minimum Gasteiger partial charge on any atom is -0.497 e. The van der Waals surface area contributed by atoms with Gasteiger partial charge in [0.15, 0.2) is 0 Å². The van der Waals surface area contributed by atoms with Crippen molar-refractivity contribution in [3.8, 4) is 5.75 Å².